The van der Waals surface area contributed by atoms with Gasteiger partial charge in [-0.25, -0.2) is 9.55 Å². The van der Waals surface area contributed by atoms with Crippen molar-refractivity contribution >= 4 is 35.2 Å². The van der Waals surface area contributed by atoms with E-state index in [1.54, 1.807) is 55.1 Å². The van der Waals surface area contributed by atoms with Crippen LogP contribution in [0, 0.1) is 13.8 Å². The highest BCUT2D eigenvalue weighted by molar-refractivity contribution is 6.70. The molecule has 3 aromatic heterocycles. The topological polar surface area (TPSA) is 33.2 Å². The Kier molecular flexibility index (Phi) is 2.11. The molecule has 0 bridgehead atoms. The van der Waals surface area contributed by atoms with E-state index in [2.05, 4.69) is 4.98 Å². The molecular formula is C19H21BN3O+. The molecular weight excluding hydrogens is 297 g/mol. The quantitative estimate of drug-likeness (QED) is 0.501. The SMILES string of the molecule is [2H]C([2H])([2H])C1=CB(C)N(c2cc(C)c(C([2H])([2H])[2H])c[n+]2C)c2oc3ncccc3c21. The Hall–Kier alpha value is -2.56. The van der Waals surface area contributed by atoms with Crippen LogP contribution in [0.4, 0.5) is 11.7 Å². The largest absolute Gasteiger partial charge is 0.406 e. The third-order valence-electron chi connectivity index (χ3n) is 4.45. The van der Waals surface area contributed by atoms with Gasteiger partial charge in [0.2, 0.25) is 5.71 Å². The molecule has 4 nitrogen and oxygen atoms in total. The van der Waals surface area contributed by atoms with Gasteiger partial charge < -0.3 is 4.42 Å². The van der Waals surface area contributed by atoms with E-state index in [1.165, 1.54) is 0 Å². The Balaban J connectivity index is 1.98. The minimum absolute atomic E-state index is 0.228. The maximum absolute atomic E-state index is 8.02. The number of aromatic nitrogens is 2. The first-order valence-corrected chi connectivity index (χ1v) is 7.80. The second-order valence-electron chi connectivity index (χ2n) is 6.17. The number of nitrogens with zero attached hydrogens (tertiary/aromatic N) is 3. The molecule has 1 aliphatic rings. The number of rotatable bonds is 1. The first-order chi connectivity index (χ1) is 13.9. The van der Waals surface area contributed by atoms with Crippen LogP contribution in [-0.4, -0.2) is 11.8 Å². The van der Waals surface area contributed by atoms with Crippen LogP contribution >= 0.6 is 0 Å². The number of hydrogen-bond donors (Lipinski definition) is 0. The van der Waals surface area contributed by atoms with Gasteiger partial charge >= 0.3 is 6.85 Å². The number of hydrogen-bond acceptors (Lipinski definition) is 3. The van der Waals surface area contributed by atoms with E-state index < -0.39 is 13.7 Å². The van der Waals surface area contributed by atoms with Gasteiger partial charge in [0.1, 0.15) is 0 Å². The average molecular weight is 324 g/mol. The number of fused-ring (bicyclic) bond motifs is 3. The summed E-state index contributed by atoms with van der Waals surface area (Å²) in [4.78, 5) is 6.13. The van der Waals surface area contributed by atoms with Crippen LogP contribution in [0.2, 0.25) is 6.82 Å². The first-order valence-electron chi connectivity index (χ1n) is 10.8. The molecule has 4 heterocycles. The third-order valence-corrected chi connectivity index (χ3v) is 4.45. The van der Waals surface area contributed by atoms with E-state index in [4.69, 9.17) is 12.6 Å². The molecule has 0 radical (unpaired) electrons. The summed E-state index contributed by atoms with van der Waals surface area (Å²) in [5, 5.41) is 0.630. The number of aryl methyl sites for hydroxylation is 3. The van der Waals surface area contributed by atoms with Crippen LogP contribution in [0.1, 0.15) is 31.8 Å². The van der Waals surface area contributed by atoms with Crippen LogP contribution in [0.25, 0.3) is 16.7 Å². The summed E-state index contributed by atoms with van der Waals surface area (Å²) in [6.45, 7) is -1.24. The predicted octanol–water partition coefficient (Wildman–Crippen LogP) is 3.98. The molecule has 0 fully saturated rings. The van der Waals surface area contributed by atoms with Crippen molar-refractivity contribution in [3.8, 4) is 0 Å². The number of allylic oxidation sites excluding steroid dienone is 1. The zero-order valence-electron chi connectivity index (χ0n) is 19.8. The molecule has 5 heteroatoms. The lowest BCUT2D eigenvalue weighted by Crippen LogP contribution is -2.44. The standard InChI is InChI=1S/C19H21BN3O/c1-12-9-16(22(5)11-14(12)3)23-19-17(13(2)10-20(23)4)15-7-6-8-21-18(15)24-19/h6-11H,1-5H3/q+1/i2D3,3D3. The van der Waals surface area contributed by atoms with Crippen molar-refractivity contribution in [3.63, 3.8) is 0 Å². The summed E-state index contributed by atoms with van der Waals surface area (Å²) in [6.07, 6.45) is 3.19. The van der Waals surface area contributed by atoms with E-state index in [9.17, 15) is 0 Å². The minimum Gasteiger partial charge on any atom is -0.404 e. The molecule has 120 valence electrons. The van der Waals surface area contributed by atoms with Gasteiger partial charge in [-0.15, -0.1) is 0 Å². The van der Waals surface area contributed by atoms with Crippen molar-refractivity contribution in [3.05, 3.63) is 53.3 Å². The van der Waals surface area contributed by atoms with Crippen molar-refractivity contribution < 1.29 is 17.2 Å². The maximum Gasteiger partial charge on any atom is 0.406 e. The van der Waals surface area contributed by atoms with E-state index >= 15 is 0 Å². The van der Waals surface area contributed by atoms with Crippen molar-refractivity contribution in [2.24, 2.45) is 7.05 Å². The molecule has 3 aromatic rings. The fourth-order valence-electron chi connectivity index (χ4n) is 3.22. The molecule has 0 amide bonds. The highest BCUT2D eigenvalue weighted by Gasteiger charge is 2.39. The van der Waals surface area contributed by atoms with Crippen molar-refractivity contribution in [2.45, 2.75) is 27.5 Å². The van der Waals surface area contributed by atoms with Gasteiger partial charge in [0.05, 0.1) is 24.2 Å². The molecule has 0 saturated heterocycles. The minimum atomic E-state index is -2.31. The van der Waals surface area contributed by atoms with E-state index in [1.807, 2.05) is 11.6 Å². The fourth-order valence-corrected chi connectivity index (χ4v) is 3.22. The number of pyridine rings is 2. The Labute approximate surface area is 151 Å². The molecule has 0 aromatic carbocycles. The van der Waals surface area contributed by atoms with E-state index in [0.717, 1.165) is 0 Å². The molecule has 0 unspecified atom stereocenters. The Morgan fingerprint density at radius 3 is 3.00 bits per heavy atom. The molecule has 1 aliphatic heterocycles. The molecule has 24 heavy (non-hydrogen) atoms. The predicted molar refractivity (Wildman–Crippen MR) is 98.5 cm³/mol. The summed E-state index contributed by atoms with van der Waals surface area (Å²) in [6, 6.07) is 5.32. The zero-order chi connectivity index (χ0) is 22.0. The van der Waals surface area contributed by atoms with Crippen LogP contribution in [0.5, 0.6) is 0 Å². The number of anilines is 2. The summed E-state index contributed by atoms with van der Waals surface area (Å²) >= 11 is 0. The van der Waals surface area contributed by atoms with E-state index in [0.29, 0.717) is 33.9 Å². The fraction of sp³-hybridized carbons (Fsp3) is 0.263. The third kappa shape index (κ3) is 2.08. The molecule has 0 N–H and O–H groups in total. The van der Waals surface area contributed by atoms with Gasteiger partial charge in [-0.1, -0.05) is 5.98 Å². The molecule has 0 saturated carbocycles. The molecule has 0 aliphatic carbocycles. The highest BCUT2D eigenvalue weighted by Crippen LogP contribution is 2.42. The van der Waals surface area contributed by atoms with Gasteiger partial charge in [0, 0.05) is 20.5 Å². The zero-order valence-corrected chi connectivity index (χ0v) is 13.8. The van der Waals surface area contributed by atoms with Gasteiger partial charge in [-0.3, -0.25) is 4.81 Å². The van der Waals surface area contributed by atoms with Gasteiger partial charge in [0.15, 0.2) is 0 Å². The van der Waals surface area contributed by atoms with Gasteiger partial charge in [-0.2, -0.15) is 0 Å². The van der Waals surface area contributed by atoms with Gasteiger partial charge in [0.25, 0.3) is 11.7 Å². The Bertz CT molecular complexity index is 1180. The van der Waals surface area contributed by atoms with Crippen LogP contribution in [0.3, 0.4) is 0 Å². The number of furan rings is 1. The highest BCUT2D eigenvalue weighted by atomic mass is 16.4. The van der Waals surface area contributed by atoms with Crippen LogP contribution in [0.15, 0.2) is 41.0 Å². The second-order valence-corrected chi connectivity index (χ2v) is 6.17. The van der Waals surface area contributed by atoms with Crippen LogP contribution in [-0.2, 0) is 7.05 Å². The molecule has 0 spiro atoms. The lowest BCUT2D eigenvalue weighted by atomic mass is 9.59. The molecule has 4 rings (SSSR count). The summed E-state index contributed by atoms with van der Waals surface area (Å²) < 4.78 is 55.1. The van der Waals surface area contributed by atoms with E-state index in [-0.39, 0.29) is 18.0 Å². The Morgan fingerprint density at radius 1 is 1.33 bits per heavy atom. The molecule has 0 atom stereocenters. The lowest BCUT2D eigenvalue weighted by molar-refractivity contribution is -0.658. The normalized spacial score (nSPS) is 18.9. The summed E-state index contributed by atoms with van der Waals surface area (Å²) in [7, 11) is 1.76. The van der Waals surface area contributed by atoms with Crippen molar-refractivity contribution in [1.82, 2.24) is 4.98 Å². The van der Waals surface area contributed by atoms with Crippen molar-refractivity contribution in [1.29, 1.82) is 0 Å². The average Bonchev–Trinajstić information content (AvgIpc) is 3.00. The second kappa shape index (κ2) is 5.23. The van der Waals surface area contributed by atoms with Gasteiger partial charge in [-0.05, 0) is 56.3 Å². The maximum atomic E-state index is 8.02. The summed E-state index contributed by atoms with van der Waals surface area (Å²) in [5.41, 5.74) is 1.97. The smallest absolute Gasteiger partial charge is 0.404 e. The van der Waals surface area contributed by atoms with Crippen molar-refractivity contribution in [2.75, 3.05) is 4.81 Å². The summed E-state index contributed by atoms with van der Waals surface area (Å²) in [5.74, 6) is 2.79. The lowest BCUT2D eigenvalue weighted by Gasteiger charge is -2.24. The Morgan fingerprint density at radius 2 is 2.21 bits per heavy atom. The first kappa shape index (κ1) is 9.67. The van der Waals surface area contributed by atoms with Crippen LogP contribution < -0.4 is 9.38 Å². The monoisotopic (exact) mass is 324 g/mol.